The highest BCUT2D eigenvalue weighted by Gasteiger charge is 1.98. The monoisotopic (exact) mass is 304 g/mol. The Labute approximate surface area is 100.0 Å². The van der Waals surface area contributed by atoms with Crippen LogP contribution in [0.5, 0.6) is 0 Å². The second-order valence-corrected chi connectivity index (χ2v) is 4.90. The molecule has 2 heteroatoms. The summed E-state index contributed by atoms with van der Waals surface area (Å²) in [7, 11) is 0. The molecule has 1 atom stereocenters. The molecule has 1 nitrogen and oxygen atoms in total. The fourth-order valence-corrected chi connectivity index (χ4v) is 1.44. The molecule has 0 saturated heterocycles. The van der Waals surface area contributed by atoms with E-state index in [0.717, 1.165) is 13.2 Å². The summed E-state index contributed by atoms with van der Waals surface area (Å²) in [5.41, 5.74) is 1.26. The first-order chi connectivity index (χ1) is 6.72. The third-order valence-electron chi connectivity index (χ3n) is 2.28. The first-order valence-corrected chi connectivity index (χ1v) is 6.12. The van der Waals surface area contributed by atoms with Gasteiger partial charge in [-0.2, -0.15) is 0 Å². The standard InChI is InChI=1S/C12H17IO/c1-3-10(2)8-14-9-11-4-6-12(13)7-5-11/h4-7,10H,3,8-9H2,1-2H3. The van der Waals surface area contributed by atoms with Crippen molar-refractivity contribution in [3.05, 3.63) is 33.4 Å². The van der Waals surface area contributed by atoms with Gasteiger partial charge in [-0.05, 0) is 46.2 Å². The minimum Gasteiger partial charge on any atom is -0.376 e. The molecule has 0 bridgehead atoms. The molecule has 78 valence electrons. The average molecular weight is 304 g/mol. The smallest absolute Gasteiger partial charge is 0.0717 e. The largest absolute Gasteiger partial charge is 0.376 e. The molecule has 0 aliphatic carbocycles. The van der Waals surface area contributed by atoms with Crippen LogP contribution in [0, 0.1) is 9.49 Å². The molecule has 0 saturated carbocycles. The van der Waals surface area contributed by atoms with Crippen molar-refractivity contribution in [2.24, 2.45) is 5.92 Å². The maximum atomic E-state index is 5.61. The zero-order valence-corrected chi connectivity index (χ0v) is 11.0. The van der Waals surface area contributed by atoms with Gasteiger partial charge in [0.1, 0.15) is 0 Å². The van der Waals surface area contributed by atoms with Crippen LogP contribution in [0.2, 0.25) is 0 Å². The second-order valence-electron chi connectivity index (χ2n) is 3.66. The SMILES string of the molecule is CCC(C)COCc1ccc(I)cc1. The van der Waals surface area contributed by atoms with Crippen molar-refractivity contribution < 1.29 is 4.74 Å². The summed E-state index contributed by atoms with van der Waals surface area (Å²) in [5.74, 6) is 0.666. The number of benzene rings is 1. The number of ether oxygens (including phenoxy) is 1. The van der Waals surface area contributed by atoms with Gasteiger partial charge in [-0.25, -0.2) is 0 Å². The van der Waals surface area contributed by atoms with Gasteiger partial charge in [-0.3, -0.25) is 0 Å². The Hall–Kier alpha value is -0.0900. The van der Waals surface area contributed by atoms with Gasteiger partial charge in [-0.1, -0.05) is 32.4 Å². The molecule has 0 aromatic heterocycles. The van der Waals surface area contributed by atoms with Crippen LogP contribution in [-0.2, 0) is 11.3 Å². The van der Waals surface area contributed by atoms with E-state index in [1.54, 1.807) is 0 Å². The van der Waals surface area contributed by atoms with Crippen LogP contribution in [0.4, 0.5) is 0 Å². The van der Waals surface area contributed by atoms with Crippen LogP contribution >= 0.6 is 22.6 Å². The molecule has 0 amide bonds. The molecule has 0 spiro atoms. The van der Waals surface area contributed by atoms with Crippen LogP contribution in [0.1, 0.15) is 25.8 Å². The van der Waals surface area contributed by atoms with E-state index in [-0.39, 0.29) is 0 Å². The highest BCUT2D eigenvalue weighted by atomic mass is 127. The lowest BCUT2D eigenvalue weighted by Gasteiger charge is -2.09. The second kappa shape index (κ2) is 6.40. The van der Waals surface area contributed by atoms with Crippen molar-refractivity contribution in [1.29, 1.82) is 0 Å². The zero-order chi connectivity index (χ0) is 10.4. The van der Waals surface area contributed by atoms with Gasteiger partial charge in [0.05, 0.1) is 6.61 Å². The Kier molecular flexibility index (Phi) is 5.48. The molecule has 1 unspecified atom stereocenters. The van der Waals surface area contributed by atoms with E-state index in [0.29, 0.717) is 5.92 Å². The maximum Gasteiger partial charge on any atom is 0.0717 e. The topological polar surface area (TPSA) is 9.23 Å². The summed E-state index contributed by atoms with van der Waals surface area (Å²) in [6.45, 7) is 6.01. The summed E-state index contributed by atoms with van der Waals surface area (Å²) < 4.78 is 6.88. The van der Waals surface area contributed by atoms with Gasteiger partial charge in [0.25, 0.3) is 0 Å². The molecule has 0 heterocycles. The van der Waals surface area contributed by atoms with Gasteiger partial charge < -0.3 is 4.74 Å². The quantitative estimate of drug-likeness (QED) is 0.751. The van der Waals surface area contributed by atoms with Crippen molar-refractivity contribution in [1.82, 2.24) is 0 Å². The van der Waals surface area contributed by atoms with E-state index >= 15 is 0 Å². The third-order valence-corrected chi connectivity index (χ3v) is 3.00. The van der Waals surface area contributed by atoms with E-state index in [2.05, 4.69) is 60.7 Å². The maximum absolute atomic E-state index is 5.61. The lowest BCUT2D eigenvalue weighted by Crippen LogP contribution is -2.04. The van der Waals surface area contributed by atoms with E-state index in [9.17, 15) is 0 Å². The van der Waals surface area contributed by atoms with Gasteiger partial charge >= 0.3 is 0 Å². The summed E-state index contributed by atoms with van der Waals surface area (Å²) >= 11 is 2.31. The minimum atomic E-state index is 0.666. The van der Waals surface area contributed by atoms with Crippen LogP contribution in [0.15, 0.2) is 24.3 Å². The molecular weight excluding hydrogens is 287 g/mol. The number of hydrogen-bond acceptors (Lipinski definition) is 1. The predicted molar refractivity (Wildman–Crippen MR) is 68.3 cm³/mol. The van der Waals surface area contributed by atoms with Gasteiger partial charge in [0, 0.05) is 10.2 Å². The molecule has 1 rings (SSSR count). The van der Waals surface area contributed by atoms with Gasteiger partial charge in [0.2, 0.25) is 0 Å². The molecule has 14 heavy (non-hydrogen) atoms. The van der Waals surface area contributed by atoms with Crippen LogP contribution in [0.3, 0.4) is 0 Å². The Morgan fingerprint density at radius 2 is 1.93 bits per heavy atom. The molecule has 1 aromatic carbocycles. The molecule has 0 aliphatic rings. The Morgan fingerprint density at radius 3 is 2.50 bits per heavy atom. The van der Waals surface area contributed by atoms with E-state index in [1.807, 2.05) is 0 Å². The molecule has 1 aromatic rings. The number of rotatable bonds is 5. The Balaban J connectivity index is 2.28. The number of halogens is 1. The molecule has 0 fully saturated rings. The lowest BCUT2D eigenvalue weighted by molar-refractivity contribution is 0.0910. The van der Waals surface area contributed by atoms with Crippen LogP contribution in [-0.4, -0.2) is 6.61 Å². The normalized spacial score (nSPS) is 12.8. The van der Waals surface area contributed by atoms with E-state index in [4.69, 9.17) is 4.74 Å². The highest BCUT2D eigenvalue weighted by molar-refractivity contribution is 14.1. The Bertz CT molecular complexity index is 256. The van der Waals surface area contributed by atoms with Crippen molar-refractivity contribution >= 4 is 22.6 Å². The molecule has 0 N–H and O–H groups in total. The molecule has 0 radical (unpaired) electrons. The minimum absolute atomic E-state index is 0.666. The first kappa shape index (κ1) is 12.0. The van der Waals surface area contributed by atoms with Crippen molar-refractivity contribution in [2.45, 2.75) is 26.9 Å². The summed E-state index contributed by atoms with van der Waals surface area (Å²) in [6.07, 6.45) is 1.19. The van der Waals surface area contributed by atoms with Gasteiger partial charge in [-0.15, -0.1) is 0 Å². The van der Waals surface area contributed by atoms with E-state index in [1.165, 1.54) is 15.6 Å². The summed E-state index contributed by atoms with van der Waals surface area (Å²) in [5, 5.41) is 0. The van der Waals surface area contributed by atoms with Crippen molar-refractivity contribution in [3.8, 4) is 0 Å². The van der Waals surface area contributed by atoms with Crippen LogP contribution < -0.4 is 0 Å². The first-order valence-electron chi connectivity index (χ1n) is 5.04. The summed E-state index contributed by atoms with van der Waals surface area (Å²) in [4.78, 5) is 0. The third kappa shape index (κ3) is 4.42. The van der Waals surface area contributed by atoms with Crippen molar-refractivity contribution in [3.63, 3.8) is 0 Å². The van der Waals surface area contributed by atoms with Gasteiger partial charge in [0.15, 0.2) is 0 Å². The summed E-state index contributed by atoms with van der Waals surface area (Å²) in [6, 6.07) is 8.47. The van der Waals surface area contributed by atoms with Crippen LogP contribution in [0.25, 0.3) is 0 Å². The predicted octanol–water partition coefficient (Wildman–Crippen LogP) is 3.85. The lowest BCUT2D eigenvalue weighted by atomic mass is 10.1. The highest BCUT2D eigenvalue weighted by Crippen LogP contribution is 2.09. The number of hydrogen-bond donors (Lipinski definition) is 0. The Morgan fingerprint density at radius 1 is 1.29 bits per heavy atom. The van der Waals surface area contributed by atoms with Crippen molar-refractivity contribution in [2.75, 3.05) is 6.61 Å². The van der Waals surface area contributed by atoms with E-state index < -0.39 is 0 Å². The average Bonchev–Trinajstić information content (AvgIpc) is 2.21. The molecular formula is C12H17IO. The fraction of sp³-hybridized carbons (Fsp3) is 0.500. The molecule has 0 aliphatic heterocycles. The fourth-order valence-electron chi connectivity index (χ4n) is 1.08. The zero-order valence-electron chi connectivity index (χ0n) is 8.79.